The molecule has 2 aliphatic heterocycles. The molecule has 0 bridgehead atoms. The van der Waals surface area contributed by atoms with Crippen LogP contribution in [0.15, 0.2) is 148 Å². The van der Waals surface area contributed by atoms with E-state index in [9.17, 15) is 43.2 Å². The predicted molar refractivity (Wildman–Crippen MR) is 280 cm³/mol. The number of aromatic nitrogens is 3. The highest BCUT2D eigenvalue weighted by atomic mass is 32.2. The number of nitrogens with zero attached hydrogens (tertiary/aromatic N) is 5. The molecule has 5 aromatic carbocycles. The Hall–Kier alpha value is -6.57. The number of likely N-dealkylation sites (tertiary alicyclic amines) is 1. The summed E-state index contributed by atoms with van der Waals surface area (Å²) in [4.78, 5) is 32.2. The number of piperidine rings is 1. The molecule has 23 heteroatoms. The molecule has 4 heterocycles. The van der Waals surface area contributed by atoms with Gasteiger partial charge >= 0.3 is 6.18 Å². The van der Waals surface area contributed by atoms with Crippen molar-refractivity contribution in [2.75, 3.05) is 46.4 Å². The SMILES string of the molecule is COc1ccc(CN2CCC(c3nc4ccc(C(=O)N5CCN(Cc6ccc(C(F)(F)F)cc6)CC5)cc4[nH]3)CC2)cn1.Cc1ccc(S(=O)(=O)O)cc1.Cc1ccc(S(=O)(=O)O)cc1.Cc1ccc(S(=O)(=O)O)cc1. The Bertz CT molecular complexity index is 3190. The Labute approximate surface area is 440 Å². The molecule has 0 radical (unpaired) electrons. The number of carbonyl (C=O) groups is 1. The van der Waals surface area contributed by atoms with Crippen molar-refractivity contribution in [3.63, 3.8) is 0 Å². The molecule has 0 aliphatic carbocycles. The number of imidazole rings is 1. The van der Waals surface area contributed by atoms with E-state index < -0.39 is 42.1 Å². The molecule has 2 aliphatic rings. The van der Waals surface area contributed by atoms with Crippen molar-refractivity contribution in [2.45, 2.75) is 73.5 Å². The highest BCUT2D eigenvalue weighted by Crippen LogP contribution is 2.31. The van der Waals surface area contributed by atoms with E-state index in [1.165, 1.54) is 54.1 Å². The summed E-state index contributed by atoms with van der Waals surface area (Å²) >= 11 is 0. The fraction of sp³-hybridized carbons (Fsp3) is 0.302. The first-order chi connectivity index (χ1) is 35.7. The van der Waals surface area contributed by atoms with Crippen molar-refractivity contribution in [1.29, 1.82) is 0 Å². The van der Waals surface area contributed by atoms with Crippen molar-refractivity contribution in [1.82, 2.24) is 29.7 Å². The van der Waals surface area contributed by atoms with Crippen LogP contribution in [0.2, 0.25) is 0 Å². The zero-order chi connectivity index (χ0) is 55.4. The number of carbonyl (C=O) groups excluding carboxylic acids is 1. The molecule has 0 saturated carbocycles. The molecule has 17 nitrogen and oxygen atoms in total. The number of fused-ring (bicyclic) bond motifs is 1. The Morgan fingerprint density at radius 1 is 0.618 bits per heavy atom. The molecule has 0 unspecified atom stereocenters. The number of alkyl halides is 3. The maximum Gasteiger partial charge on any atom is 0.416 e. The second-order valence-corrected chi connectivity index (χ2v) is 22.5. The fourth-order valence-electron chi connectivity index (χ4n) is 8.08. The zero-order valence-electron chi connectivity index (χ0n) is 42.1. The first-order valence-electron chi connectivity index (χ1n) is 23.8. The topological polar surface area (TPSA) is 241 Å². The molecule has 76 heavy (non-hydrogen) atoms. The van der Waals surface area contributed by atoms with Gasteiger partial charge in [-0.25, -0.2) is 9.97 Å². The molecule has 406 valence electrons. The number of hydrogen-bond acceptors (Lipinski definition) is 12. The number of halogens is 3. The van der Waals surface area contributed by atoms with Crippen LogP contribution in [0.3, 0.4) is 0 Å². The number of aryl methyl sites for hydroxylation is 3. The van der Waals surface area contributed by atoms with E-state index >= 15 is 0 Å². The van der Waals surface area contributed by atoms with Gasteiger partial charge < -0.3 is 14.6 Å². The minimum atomic E-state index is -4.33. The second-order valence-electron chi connectivity index (χ2n) is 18.2. The van der Waals surface area contributed by atoms with Gasteiger partial charge in [0, 0.05) is 63.0 Å². The average Bonchev–Trinajstić information content (AvgIpc) is 3.81. The van der Waals surface area contributed by atoms with E-state index in [1.807, 2.05) is 56.1 Å². The van der Waals surface area contributed by atoms with Crippen LogP contribution in [0, 0.1) is 20.8 Å². The number of H-pyrrole nitrogens is 1. The van der Waals surface area contributed by atoms with Gasteiger partial charge in [-0.3, -0.25) is 28.3 Å². The number of hydrogen-bond donors (Lipinski definition) is 4. The number of methoxy groups -OCH3 is 1. The predicted octanol–water partition coefficient (Wildman–Crippen LogP) is 9.05. The summed E-state index contributed by atoms with van der Waals surface area (Å²) in [6, 6.07) is 32.9. The number of ether oxygens (including phenoxy) is 1. The van der Waals surface area contributed by atoms with Crippen LogP contribution >= 0.6 is 0 Å². The van der Waals surface area contributed by atoms with E-state index in [4.69, 9.17) is 23.4 Å². The molecule has 4 N–H and O–H groups in total. The minimum absolute atomic E-state index is 0.0199. The van der Waals surface area contributed by atoms with E-state index in [0.717, 1.165) is 83.7 Å². The summed E-state index contributed by atoms with van der Waals surface area (Å²) in [6.07, 6.45) is -0.454. The lowest BCUT2D eigenvalue weighted by atomic mass is 9.96. The van der Waals surface area contributed by atoms with Crippen LogP contribution in [-0.2, 0) is 49.6 Å². The van der Waals surface area contributed by atoms with E-state index in [1.54, 1.807) is 43.5 Å². The third-order valence-electron chi connectivity index (χ3n) is 12.4. The van der Waals surface area contributed by atoms with Gasteiger partial charge in [0.1, 0.15) is 5.82 Å². The molecule has 7 aromatic rings. The molecular weight excluding hydrogens is 1050 g/mol. The number of nitrogens with one attached hydrogen (secondary N) is 1. The van der Waals surface area contributed by atoms with Crippen molar-refractivity contribution in [2.24, 2.45) is 0 Å². The van der Waals surface area contributed by atoms with Crippen molar-refractivity contribution in [3.05, 3.63) is 178 Å². The second kappa shape index (κ2) is 25.5. The van der Waals surface area contributed by atoms with Crippen LogP contribution < -0.4 is 4.74 Å². The summed E-state index contributed by atoms with van der Waals surface area (Å²) in [5, 5.41) is 0. The zero-order valence-corrected chi connectivity index (χ0v) is 44.5. The first kappa shape index (κ1) is 58.7. The monoisotopic (exact) mass is 1110 g/mol. The Morgan fingerprint density at radius 2 is 1.07 bits per heavy atom. The summed E-state index contributed by atoms with van der Waals surface area (Å²) in [5.41, 5.74) is 6.58. The maximum atomic E-state index is 13.3. The van der Waals surface area contributed by atoms with Gasteiger partial charge in [0.15, 0.2) is 0 Å². The number of amides is 1. The van der Waals surface area contributed by atoms with Gasteiger partial charge in [0.2, 0.25) is 5.88 Å². The molecule has 2 aromatic heterocycles. The van der Waals surface area contributed by atoms with Crippen LogP contribution in [0.1, 0.15) is 68.3 Å². The van der Waals surface area contributed by atoms with Crippen LogP contribution in [0.5, 0.6) is 5.88 Å². The summed E-state index contributed by atoms with van der Waals surface area (Å²) < 4.78 is 132. The van der Waals surface area contributed by atoms with Gasteiger partial charge in [0.25, 0.3) is 36.3 Å². The quantitative estimate of drug-likeness (QED) is 0.0934. The number of rotatable bonds is 10. The fourth-order valence-corrected chi connectivity index (χ4v) is 9.52. The van der Waals surface area contributed by atoms with Gasteiger partial charge in [-0.05, 0) is 125 Å². The van der Waals surface area contributed by atoms with Crippen molar-refractivity contribution >= 4 is 47.3 Å². The maximum absolute atomic E-state index is 13.3. The number of aromatic amines is 1. The summed E-state index contributed by atoms with van der Waals surface area (Å²) in [5.74, 6) is 1.92. The Kier molecular flexibility index (Phi) is 19.7. The highest BCUT2D eigenvalue weighted by molar-refractivity contribution is 7.86. The normalized spacial score (nSPS) is 14.8. The molecule has 0 spiro atoms. The number of piperazine rings is 1. The van der Waals surface area contributed by atoms with Crippen molar-refractivity contribution < 1.29 is 61.6 Å². The highest BCUT2D eigenvalue weighted by Gasteiger charge is 2.30. The average molecular weight is 1110 g/mol. The largest absolute Gasteiger partial charge is 0.481 e. The Balaban J connectivity index is 0.000000227. The lowest BCUT2D eigenvalue weighted by Gasteiger charge is -2.34. The number of benzene rings is 5. The van der Waals surface area contributed by atoms with E-state index in [-0.39, 0.29) is 20.6 Å². The van der Waals surface area contributed by atoms with Gasteiger partial charge in [-0.2, -0.15) is 38.4 Å². The summed E-state index contributed by atoms with van der Waals surface area (Å²) in [7, 11) is -10.4. The molecule has 2 fully saturated rings. The Morgan fingerprint density at radius 3 is 1.49 bits per heavy atom. The van der Waals surface area contributed by atoms with Gasteiger partial charge in [-0.15, -0.1) is 0 Å². The van der Waals surface area contributed by atoms with Gasteiger partial charge in [-0.1, -0.05) is 71.3 Å². The third-order valence-corrected chi connectivity index (χ3v) is 15.0. The van der Waals surface area contributed by atoms with Crippen molar-refractivity contribution in [3.8, 4) is 5.88 Å². The number of pyridine rings is 1. The molecule has 0 atom stereocenters. The molecular formula is C53H59F3N6O11S3. The third kappa shape index (κ3) is 17.5. The van der Waals surface area contributed by atoms with Gasteiger partial charge in [0.05, 0.1) is 38.4 Å². The van der Waals surface area contributed by atoms with E-state index in [2.05, 4.69) is 25.8 Å². The standard InChI is InChI=1S/C32H35F3N6O2.3C7H8O3S/c1-43-29-9-4-23(19-36-29)21-39-12-10-24(11-13-39)30-37-27-8-5-25(18-28(27)38-30)31(42)41-16-14-40(15-17-41)20-22-2-6-26(7-3-22)32(33,34)35;3*1-6-2-4-7(5-3-6)11(8,9)10/h2-9,18-19,24H,10-17,20-21H2,1H3,(H,37,38);3*2-5H,1H3,(H,8,9,10). The van der Waals surface area contributed by atoms with Crippen LogP contribution in [-0.4, -0.2) is 121 Å². The van der Waals surface area contributed by atoms with E-state index in [0.29, 0.717) is 50.1 Å². The lowest BCUT2D eigenvalue weighted by molar-refractivity contribution is -0.137. The smallest absolute Gasteiger partial charge is 0.416 e. The lowest BCUT2D eigenvalue weighted by Crippen LogP contribution is -2.48. The summed E-state index contributed by atoms with van der Waals surface area (Å²) in [6.45, 7) is 11.3. The molecule has 2 saturated heterocycles. The molecule has 9 rings (SSSR count). The van der Waals surface area contributed by atoms with Crippen LogP contribution in [0.25, 0.3) is 11.0 Å². The van der Waals surface area contributed by atoms with Crippen LogP contribution in [0.4, 0.5) is 13.2 Å². The molecule has 1 amide bonds. The minimum Gasteiger partial charge on any atom is -0.481 e. The first-order valence-corrected chi connectivity index (χ1v) is 28.1.